The molecule has 6 nitrogen and oxygen atoms in total. The lowest BCUT2D eigenvalue weighted by Gasteiger charge is -2.09. The Balaban J connectivity index is 1.55. The van der Waals surface area contributed by atoms with Gasteiger partial charge >= 0.3 is 0 Å². The number of nitrogens with one attached hydrogen (secondary N) is 1. The van der Waals surface area contributed by atoms with E-state index in [0.717, 1.165) is 28.2 Å². The first-order valence-corrected chi connectivity index (χ1v) is 11.2. The number of benzene rings is 2. The van der Waals surface area contributed by atoms with Crippen molar-refractivity contribution in [2.75, 3.05) is 11.1 Å². The van der Waals surface area contributed by atoms with E-state index in [9.17, 15) is 4.79 Å². The van der Waals surface area contributed by atoms with Crippen molar-refractivity contribution in [2.45, 2.75) is 38.6 Å². The molecule has 0 saturated carbocycles. The molecule has 0 saturated heterocycles. The van der Waals surface area contributed by atoms with Gasteiger partial charge in [-0.15, -0.1) is 10.2 Å². The highest BCUT2D eigenvalue weighted by atomic mass is 79.9. The number of halogens is 1. The van der Waals surface area contributed by atoms with E-state index in [0.29, 0.717) is 18.3 Å². The molecule has 0 aliphatic rings. The van der Waals surface area contributed by atoms with Crippen LogP contribution in [0.1, 0.15) is 25.2 Å². The Kier molecular flexibility index (Phi) is 7.71. The monoisotopic (exact) mass is 474 g/mol. The van der Waals surface area contributed by atoms with Gasteiger partial charge in [0, 0.05) is 16.7 Å². The Morgan fingerprint density at radius 2 is 1.83 bits per heavy atom. The van der Waals surface area contributed by atoms with Crippen molar-refractivity contribution in [3.05, 3.63) is 64.4 Å². The number of amides is 1. The summed E-state index contributed by atoms with van der Waals surface area (Å²) < 4.78 is 8.79. The lowest BCUT2D eigenvalue weighted by Crippen LogP contribution is -2.14. The predicted molar refractivity (Wildman–Crippen MR) is 119 cm³/mol. The molecule has 2 aromatic carbocycles. The van der Waals surface area contributed by atoms with Crippen molar-refractivity contribution in [2.24, 2.45) is 0 Å². The van der Waals surface area contributed by atoms with E-state index in [1.54, 1.807) is 0 Å². The van der Waals surface area contributed by atoms with Crippen LogP contribution in [0.4, 0.5) is 5.69 Å². The number of nitrogens with zero attached hydrogens (tertiary/aromatic N) is 3. The third kappa shape index (κ3) is 6.08. The van der Waals surface area contributed by atoms with Crippen LogP contribution < -0.4 is 10.1 Å². The van der Waals surface area contributed by atoms with Gasteiger partial charge in [0.2, 0.25) is 5.91 Å². The normalized spacial score (nSPS) is 10.7. The maximum absolute atomic E-state index is 12.2. The van der Waals surface area contributed by atoms with Crippen LogP contribution in [0.3, 0.4) is 0 Å². The fraction of sp³-hybridized carbons (Fsp3) is 0.286. The number of carbonyl (C=O) groups excluding carboxylic acids is 1. The average molecular weight is 475 g/mol. The summed E-state index contributed by atoms with van der Waals surface area (Å²) in [4.78, 5) is 12.2. The highest BCUT2D eigenvalue weighted by Crippen LogP contribution is 2.20. The zero-order valence-electron chi connectivity index (χ0n) is 16.4. The maximum Gasteiger partial charge on any atom is 0.234 e. The smallest absolute Gasteiger partial charge is 0.234 e. The SMILES string of the molecule is CCc1ccc(OCc2nnc(SCC(=O)Nc3ccc(Br)cc3)n2CC)cc1. The van der Waals surface area contributed by atoms with Crippen LogP contribution in [0.25, 0.3) is 0 Å². The van der Waals surface area contributed by atoms with Gasteiger partial charge in [-0.1, -0.05) is 46.7 Å². The molecule has 29 heavy (non-hydrogen) atoms. The molecule has 0 atom stereocenters. The van der Waals surface area contributed by atoms with Gasteiger partial charge in [-0.25, -0.2) is 0 Å². The van der Waals surface area contributed by atoms with E-state index in [1.807, 2.05) is 47.9 Å². The van der Waals surface area contributed by atoms with Gasteiger partial charge < -0.3 is 14.6 Å². The molecule has 3 aromatic rings. The molecule has 1 N–H and O–H groups in total. The highest BCUT2D eigenvalue weighted by Gasteiger charge is 2.14. The van der Waals surface area contributed by atoms with Gasteiger partial charge in [0.25, 0.3) is 0 Å². The summed E-state index contributed by atoms with van der Waals surface area (Å²) in [5, 5.41) is 12.0. The molecule has 8 heteroatoms. The largest absolute Gasteiger partial charge is 0.486 e. The number of aryl methyl sites for hydroxylation is 1. The van der Waals surface area contributed by atoms with Crippen LogP contribution in [0.2, 0.25) is 0 Å². The second-order valence-electron chi connectivity index (χ2n) is 6.27. The number of carbonyl (C=O) groups is 1. The maximum atomic E-state index is 12.2. The number of anilines is 1. The molecule has 0 aliphatic carbocycles. The molecule has 1 aromatic heterocycles. The topological polar surface area (TPSA) is 69.0 Å². The summed E-state index contributed by atoms with van der Waals surface area (Å²) in [6.07, 6.45) is 1.00. The zero-order chi connectivity index (χ0) is 20.6. The van der Waals surface area contributed by atoms with Gasteiger partial charge in [-0.05, 0) is 55.3 Å². The summed E-state index contributed by atoms with van der Waals surface area (Å²) in [7, 11) is 0. The Bertz CT molecular complexity index is 942. The lowest BCUT2D eigenvalue weighted by atomic mass is 10.2. The molecule has 0 radical (unpaired) electrons. The summed E-state index contributed by atoms with van der Waals surface area (Å²) in [5.41, 5.74) is 2.04. The summed E-state index contributed by atoms with van der Waals surface area (Å²) in [6.45, 7) is 5.18. The third-order valence-electron chi connectivity index (χ3n) is 4.27. The van der Waals surface area contributed by atoms with Gasteiger partial charge in [-0.2, -0.15) is 0 Å². The van der Waals surface area contributed by atoms with E-state index in [2.05, 4.69) is 50.5 Å². The Labute approximate surface area is 183 Å². The van der Waals surface area contributed by atoms with Crippen molar-refractivity contribution in [1.29, 1.82) is 0 Å². The Morgan fingerprint density at radius 3 is 2.48 bits per heavy atom. The molecule has 0 spiro atoms. The minimum absolute atomic E-state index is 0.0863. The second kappa shape index (κ2) is 10.5. The molecular weight excluding hydrogens is 452 g/mol. The molecule has 0 unspecified atom stereocenters. The highest BCUT2D eigenvalue weighted by molar-refractivity contribution is 9.10. The number of hydrogen-bond acceptors (Lipinski definition) is 5. The fourth-order valence-corrected chi connectivity index (χ4v) is 3.77. The lowest BCUT2D eigenvalue weighted by molar-refractivity contribution is -0.113. The zero-order valence-corrected chi connectivity index (χ0v) is 18.8. The number of aromatic nitrogens is 3. The minimum Gasteiger partial charge on any atom is -0.486 e. The standard InChI is InChI=1S/C21H23BrN4O2S/c1-3-15-5-11-18(12-6-15)28-13-19-24-25-21(26(19)4-2)29-14-20(27)23-17-9-7-16(22)8-10-17/h5-12H,3-4,13-14H2,1-2H3,(H,23,27). The van der Waals surface area contributed by atoms with E-state index >= 15 is 0 Å². The summed E-state index contributed by atoms with van der Waals surface area (Å²) in [6, 6.07) is 15.5. The third-order valence-corrected chi connectivity index (χ3v) is 5.76. The summed E-state index contributed by atoms with van der Waals surface area (Å²) in [5.74, 6) is 1.71. The van der Waals surface area contributed by atoms with E-state index in [4.69, 9.17) is 4.74 Å². The quantitative estimate of drug-likeness (QED) is 0.445. The first kappa shape index (κ1) is 21.4. The average Bonchev–Trinajstić information content (AvgIpc) is 3.14. The Morgan fingerprint density at radius 1 is 1.10 bits per heavy atom. The van der Waals surface area contributed by atoms with Crippen LogP contribution in [-0.4, -0.2) is 26.4 Å². The first-order valence-electron chi connectivity index (χ1n) is 9.41. The van der Waals surface area contributed by atoms with Gasteiger partial charge in [-0.3, -0.25) is 4.79 Å². The van der Waals surface area contributed by atoms with Crippen LogP contribution in [0.15, 0.2) is 58.2 Å². The Hall–Kier alpha value is -2.32. The molecule has 152 valence electrons. The molecule has 0 fully saturated rings. The number of thioether (sulfide) groups is 1. The molecule has 3 rings (SSSR count). The van der Waals surface area contributed by atoms with Crippen LogP contribution in [0.5, 0.6) is 5.75 Å². The second-order valence-corrected chi connectivity index (χ2v) is 8.13. The number of hydrogen-bond donors (Lipinski definition) is 1. The van der Waals surface area contributed by atoms with Crippen molar-refractivity contribution < 1.29 is 9.53 Å². The van der Waals surface area contributed by atoms with E-state index in [1.165, 1.54) is 17.3 Å². The van der Waals surface area contributed by atoms with Gasteiger partial charge in [0.15, 0.2) is 11.0 Å². The van der Waals surface area contributed by atoms with Crippen molar-refractivity contribution >= 4 is 39.3 Å². The first-order chi connectivity index (χ1) is 14.1. The van der Waals surface area contributed by atoms with Crippen LogP contribution in [0, 0.1) is 0 Å². The van der Waals surface area contributed by atoms with Crippen LogP contribution >= 0.6 is 27.7 Å². The predicted octanol–water partition coefficient (Wildman–Crippen LogP) is 4.93. The van der Waals surface area contributed by atoms with Gasteiger partial charge in [0.1, 0.15) is 12.4 Å². The molecular formula is C21H23BrN4O2S. The number of rotatable bonds is 9. The molecule has 1 amide bonds. The van der Waals surface area contributed by atoms with E-state index in [-0.39, 0.29) is 11.7 Å². The van der Waals surface area contributed by atoms with Crippen molar-refractivity contribution in [3.63, 3.8) is 0 Å². The molecule has 0 bridgehead atoms. The van der Waals surface area contributed by atoms with E-state index < -0.39 is 0 Å². The van der Waals surface area contributed by atoms with Gasteiger partial charge in [0.05, 0.1) is 5.75 Å². The molecule has 0 aliphatic heterocycles. The fourth-order valence-electron chi connectivity index (χ4n) is 2.68. The number of ether oxygens (including phenoxy) is 1. The van der Waals surface area contributed by atoms with Crippen molar-refractivity contribution in [1.82, 2.24) is 14.8 Å². The summed E-state index contributed by atoms with van der Waals surface area (Å²) >= 11 is 4.74. The molecule has 1 heterocycles. The van der Waals surface area contributed by atoms with Crippen LogP contribution in [-0.2, 0) is 24.4 Å². The van der Waals surface area contributed by atoms with Crippen molar-refractivity contribution in [3.8, 4) is 5.75 Å². The minimum atomic E-state index is -0.0863.